The van der Waals surface area contributed by atoms with Crippen LogP contribution < -0.4 is 5.82 Å². The molecule has 4 atom stereocenters. The fourth-order valence-electron chi connectivity index (χ4n) is 3.60. The molecule has 5 rings (SSSR count). The molecular formula is C11H8O5. The predicted molar refractivity (Wildman–Crippen MR) is 50.4 cm³/mol. The van der Waals surface area contributed by atoms with Crippen LogP contribution in [0.5, 0.6) is 0 Å². The second-order valence-electron chi connectivity index (χ2n) is 4.78. The minimum Gasteiger partial charge on any atom is -0.457 e. The smallest absolute Gasteiger partial charge is 0.457 e. The quantitative estimate of drug-likeness (QED) is 0.676. The van der Waals surface area contributed by atoms with Gasteiger partial charge in [0.2, 0.25) is 11.2 Å². The van der Waals surface area contributed by atoms with E-state index in [2.05, 4.69) is 0 Å². The lowest BCUT2D eigenvalue weighted by Crippen LogP contribution is -2.21. The normalized spacial score (nSPS) is 38.8. The van der Waals surface area contributed by atoms with Crippen LogP contribution in [0.25, 0.3) is 11.2 Å². The van der Waals surface area contributed by atoms with Gasteiger partial charge in [-0.25, -0.2) is 4.79 Å². The van der Waals surface area contributed by atoms with Crippen molar-refractivity contribution in [3.8, 4) is 0 Å². The molecule has 2 saturated heterocycles. The van der Waals surface area contributed by atoms with E-state index in [-0.39, 0.29) is 24.0 Å². The molecule has 3 aliphatic heterocycles. The minimum atomic E-state index is -0.642. The van der Waals surface area contributed by atoms with Crippen LogP contribution in [0, 0.1) is 0 Å². The standard InChI is InChI=1S/C11H8O5/c12-11-15-9-7-5-3-1-2-4(13-3)6(5)8(14-7)10(9)16-11/h3-6H,1-2H2. The number of hydrogen-bond donors (Lipinski definition) is 0. The molecule has 4 bridgehead atoms. The molecule has 3 aliphatic rings. The van der Waals surface area contributed by atoms with Crippen LogP contribution >= 0.6 is 0 Å². The van der Waals surface area contributed by atoms with Crippen molar-refractivity contribution >= 4 is 11.2 Å². The first kappa shape index (κ1) is 7.73. The highest BCUT2D eigenvalue weighted by molar-refractivity contribution is 5.79. The third-order valence-corrected chi connectivity index (χ3v) is 4.12. The highest BCUT2D eigenvalue weighted by Crippen LogP contribution is 2.61. The van der Waals surface area contributed by atoms with Crippen molar-refractivity contribution in [1.29, 1.82) is 0 Å². The molecular weight excluding hydrogens is 212 g/mol. The summed E-state index contributed by atoms with van der Waals surface area (Å²) in [6.07, 6.45) is 2.61. The maximum Gasteiger partial charge on any atom is 0.519 e. The van der Waals surface area contributed by atoms with Gasteiger partial charge in [0, 0.05) is 0 Å². The molecule has 0 aliphatic carbocycles. The van der Waals surface area contributed by atoms with Crippen LogP contribution in [0.3, 0.4) is 0 Å². The van der Waals surface area contributed by atoms with Crippen molar-refractivity contribution in [2.75, 3.05) is 0 Å². The molecule has 16 heavy (non-hydrogen) atoms. The molecule has 2 fully saturated rings. The molecule has 0 aromatic carbocycles. The van der Waals surface area contributed by atoms with Crippen LogP contribution in [0.2, 0.25) is 0 Å². The van der Waals surface area contributed by atoms with Gasteiger partial charge in [-0.05, 0) is 12.8 Å². The Bertz CT molecular complexity index is 608. The second kappa shape index (κ2) is 2.13. The summed E-state index contributed by atoms with van der Waals surface area (Å²) in [4.78, 5) is 11.1. The van der Waals surface area contributed by atoms with E-state index in [1.54, 1.807) is 0 Å². The van der Waals surface area contributed by atoms with E-state index in [1.165, 1.54) is 0 Å². The summed E-state index contributed by atoms with van der Waals surface area (Å²) in [5.41, 5.74) is 0.995. The van der Waals surface area contributed by atoms with E-state index < -0.39 is 5.82 Å². The minimum absolute atomic E-state index is 0.232. The number of fused-ring (bicyclic) bond motifs is 12. The highest BCUT2D eigenvalue weighted by atomic mass is 16.6. The molecule has 4 unspecified atom stereocenters. The Hall–Kier alpha value is -1.49. The zero-order valence-electron chi connectivity index (χ0n) is 8.26. The van der Waals surface area contributed by atoms with Gasteiger partial charge in [0.15, 0.2) is 11.5 Å². The van der Waals surface area contributed by atoms with Crippen LogP contribution in [-0.4, -0.2) is 12.2 Å². The summed E-state index contributed by atoms with van der Waals surface area (Å²) in [7, 11) is 0. The van der Waals surface area contributed by atoms with Crippen molar-refractivity contribution in [2.24, 2.45) is 0 Å². The zero-order chi connectivity index (χ0) is 10.4. The topological polar surface area (TPSA) is 65.7 Å². The Morgan fingerprint density at radius 1 is 0.875 bits per heavy atom. The highest BCUT2D eigenvalue weighted by Gasteiger charge is 2.59. The van der Waals surface area contributed by atoms with Crippen molar-refractivity contribution in [2.45, 2.75) is 36.9 Å². The van der Waals surface area contributed by atoms with Crippen LogP contribution in [0.1, 0.15) is 36.2 Å². The zero-order valence-corrected chi connectivity index (χ0v) is 8.26. The number of rotatable bonds is 0. The van der Waals surface area contributed by atoms with Gasteiger partial charge in [0.25, 0.3) is 0 Å². The first-order valence-corrected chi connectivity index (χ1v) is 5.54. The van der Waals surface area contributed by atoms with Gasteiger partial charge >= 0.3 is 5.82 Å². The molecule has 5 heteroatoms. The number of ether oxygens (including phenoxy) is 1. The van der Waals surface area contributed by atoms with Crippen molar-refractivity contribution in [3.63, 3.8) is 0 Å². The van der Waals surface area contributed by atoms with Gasteiger partial charge in [0.05, 0.1) is 24.0 Å². The maximum absolute atomic E-state index is 11.1. The monoisotopic (exact) mass is 220 g/mol. The van der Waals surface area contributed by atoms with E-state index in [4.69, 9.17) is 18.0 Å². The van der Waals surface area contributed by atoms with E-state index in [0.717, 1.165) is 24.4 Å². The lowest BCUT2D eigenvalue weighted by molar-refractivity contribution is 0.0910. The van der Waals surface area contributed by atoms with E-state index in [1.807, 2.05) is 0 Å². The third kappa shape index (κ3) is 0.625. The largest absolute Gasteiger partial charge is 0.519 e. The van der Waals surface area contributed by atoms with Gasteiger partial charge < -0.3 is 18.0 Å². The Balaban J connectivity index is 1.88. The van der Waals surface area contributed by atoms with Crippen LogP contribution in [0.15, 0.2) is 18.0 Å². The molecule has 82 valence electrons. The average Bonchev–Trinajstić information content (AvgIpc) is 2.98. The van der Waals surface area contributed by atoms with Gasteiger partial charge in [-0.1, -0.05) is 0 Å². The summed E-state index contributed by atoms with van der Waals surface area (Å²) in [5.74, 6) is 1.38. The predicted octanol–water partition coefficient (Wildman–Crippen LogP) is 1.72. The molecule has 2 aromatic rings. The fourth-order valence-corrected chi connectivity index (χ4v) is 3.60. The van der Waals surface area contributed by atoms with E-state index >= 15 is 0 Å². The summed E-state index contributed by atoms with van der Waals surface area (Å²) >= 11 is 0. The summed E-state index contributed by atoms with van der Waals surface area (Å²) < 4.78 is 21.6. The fraction of sp³-hybridized carbons (Fsp3) is 0.545. The molecule has 5 heterocycles. The molecule has 5 nitrogen and oxygen atoms in total. The Kier molecular flexibility index (Phi) is 1.03. The van der Waals surface area contributed by atoms with Gasteiger partial charge in [-0.15, -0.1) is 0 Å². The molecule has 2 aromatic heterocycles. The van der Waals surface area contributed by atoms with Gasteiger partial charge in [-0.3, -0.25) is 0 Å². The second-order valence-corrected chi connectivity index (χ2v) is 4.78. The van der Waals surface area contributed by atoms with Crippen molar-refractivity contribution < 1.29 is 18.0 Å². The van der Waals surface area contributed by atoms with Crippen molar-refractivity contribution in [1.82, 2.24) is 0 Å². The molecule has 0 radical (unpaired) electrons. The summed E-state index contributed by atoms with van der Waals surface area (Å²) in [6, 6.07) is 0. The summed E-state index contributed by atoms with van der Waals surface area (Å²) in [6.45, 7) is 0. The van der Waals surface area contributed by atoms with E-state index in [0.29, 0.717) is 11.2 Å². The first-order chi connectivity index (χ1) is 7.83. The lowest BCUT2D eigenvalue weighted by atomic mass is 9.76. The van der Waals surface area contributed by atoms with Crippen LogP contribution in [0.4, 0.5) is 0 Å². The SMILES string of the molecule is O=c1oc2c3oc(c2o1)C1C2CCC(O2)C31. The molecule has 0 spiro atoms. The Morgan fingerprint density at radius 2 is 1.44 bits per heavy atom. The summed E-state index contributed by atoms with van der Waals surface area (Å²) in [5, 5.41) is 0. The lowest BCUT2D eigenvalue weighted by Gasteiger charge is -2.20. The molecule has 0 saturated carbocycles. The van der Waals surface area contributed by atoms with Gasteiger partial charge in [-0.2, -0.15) is 0 Å². The third-order valence-electron chi connectivity index (χ3n) is 4.12. The Morgan fingerprint density at radius 3 is 2.00 bits per heavy atom. The number of furan rings is 1. The Labute approximate surface area is 89.0 Å². The molecule has 0 N–H and O–H groups in total. The van der Waals surface area contributed by atoms with Crippen LogP contribution in [-0.2, 0) is 4.74 Å². The van der Waals surface area contributed by atoms with Crippen molar-refractivity contribution in [3.05, 3.63) is 22.1 Å². The van der Waals surface area contributed by atoms with E-state index in [9.17, 15) is 4.79 Å². The first-order valence-electron chi connectivity index (χ1n) is 5.54. The van der Waals surface area contributed by atoms with Gasteiger partial charge in [0.1, 0.15) is 0 Å². The average molecular weight is 220 g/mol. The maximum atomic E-state index is 11.1. The number of hydrogen-bond acceptors (Lipinski definition) is 5. The molecule has 0 amide bonds.